The van der Waals surface area contributed by atoms with Gasteiger partial charge in [0, 0.05) is 6.42 Å². The average molecular weight is 196 g/mol. The van der Waals surface area contributed by atoms with Gasteiger partial charge >= 0.3 is 0 Å². The van der Waals surface area contributed by atoms with E-state index in [0.717, 1.165) is 0 Å². The molecule has 1 atom stereocenters. The molecule has 0 aromatic rings. The number of rotatable bonds is 1. The Morgan fingerprint density at radius 3 is 1.92 bits per heavy atom. The molecule has 0 saturated carbocycles. The lowest BCUT2D eigenvalue weighted by atomic mass is 10.2. The van der Waals surface area contributed by atoms with Crippen molar-refractivity contribution in [3.8, 4) is 0 Å². The molecule has 13 heavy (non-hydrogen) atoms. The Labute approximate surface area is 78.2 Å². The Bertz CT molecular complexity index is 151. The molecule has 0 radical (unpaired) electrons. The lowest BCUT2D eigenvalue weighted by Gasteiger charge is -2.19. The predicted molar refractivity (Wildman–Crippen MR) is 46.9 cm³/mol. The van der Waals surface area contributed by atoms with Crippen molar-refractivity contribution in [2.45, 2.75) is 45.8 Å². The maximum absolute atomic E-state index is 13.2. The van der Waals surface area contributed by atoms with E-state index in [1.807, 2.05) is 0 Å². The summed E-state index contributed by atoms with van der Waals surface area (Å²) in [5.74, 6) is -2.30. The van der Waals surface area contributed by atoms with E-state index in [1.165, 1.54) is 6.92 Å². The summed E-state index contributed by atoms with van der Waals surface area (Å²) in [6.07, 6.45) is 0.344. The zero-order valence-electron chi connectivity index (χ0n) is 8.69. The third kappa shape index (κ3) is 4.52. The second-order valence-corrected chi connectivity index (χ2v) is 3.29. The second-order valence-electron chi connectivity index (χ2n) is 3.29. The molecule has 4 heteroatoms. The van der Waals surface area contributed by atoms with Gasteiger partial charge in [0.25, 0.3) is 0 Å². The van der Waals surface area contributed by atoms with E-state index >= 15 is 0 Å². The van der Waals surface area contributed by atoms with E-state index in [2.05, 4.69) is 0 Å². The van der Waals surface area contributed by atoms with Crippen LogP contribution in [0.4, 0.5) is 8.78 Å². The minimum absolute atomic E-state index is 0.0521. The zero-order chi connectivity index (χ0) is 10.5. The first-order valence-corrected chi connectivity index (χ1v) is 4.48. The Hall–Kier alpha value is -0.220. The first-order chi connectivity index (χ1) is 5.89. The molecule has 1 aliphatic heterocycles. The molecule has 0 spiro atoms. The molecule has 1 saturated heterocycles. The molecule has 1 unspecified atom stereocenters. The van der Waals surface area contributed by atoms with Crippen LogP contribution < -0.4 is 0 Å². The van der Waals surface area contributed by atoms with Gasteiger partial charge in [0.05, 0.1) is 6.67 Å². The molecule has 80 valence electrons. The smallest absolute Gasteiger partial charge is 0.235 e. The fourth-order valence-electron chi connectivity index (χ4n) is 0.955. The zero-order valence-corrected chi connectivity index (χ0v) is 8.69. The summed E-state index contributed by atoms with van der Waals surface area (Å²) in [5.41, 5.74) is 0. The molecule has 2 nitrogen and oxygen atoms in total. The summed E-state index contributed by atoms with van der Waals surface area (Å²) < 4.78 is 33.5. The normalized spacial score (nSPS) is 30.9. The van der Waals surface area contributed by atoms with Gasteiger partial charge in [-0.2, -0.15) is 0 Å². The molecule has 0 aromatic carbocycles. The molecule has 1 fully saturated rings. The predicted octanol–water partition coefficient (Wildman–Crippen LogP) is 2.82. The number of hydrogen-bond donors (Lipinski definition) is 0. The highest BCUT2D eigenvalue weighted by Gasteiger charge is 2.44. The molecule has 0 aromatic heterocycles. The van der Waals surface area contributed by atoms with E-state index in [1.54, 1.807) is 20.8 Å². The Kier molecular flexibility index (Phi) is 4.78. The number of hydrogen-bond acceptors (Lipinski definition) is 2. The van der Waals surface area contributed by atoms with Crippen LogP contribution in [0, 0.1) is 0 Å². The number of alkyl halides is 2. The Morgan fingerprint density at radius 2 is 1.77 bits per heavy atom. The van der Waals surface area contributed by atoms with Crippen molar-refractivity contribution in [2.75, 3.05) is 13.3 Å². The molecule has 1 rings (SSSR count). The van der Waals surface area contributed by atoms with Gasteiger partial charge in [-0.25, -0.2) is 4.39 Å². The van der Waals surface area contributed by atoms with Gasteiger partial charge in [0.1, 0.15) is 6.61 Å². The minimum Gasteiger partial charge on any atom is -0.344 e. The van der Waals surface area contributed by atoms with Crippen LogP contribution in [0.3, 0.4) is 0 Å². The van der Waals surface area contributed by atoms with Crippen molar-refractivity contribution >= 4 is 0 Å². The first-order valence-electron chi connectivity index (χ1n) is 4.48. The summed E-state index contributed by atoms with van der Waals surface area (Å²) in [7, 11) is 0. The highest BCUT2D eigenvalue weighted by molar-refractivity contribution is 4.76. The summed E-state index contributed by atoms with van der Waals surface area (Å²) in [6.45, 7) is 6.43. The van der Waals surface area contributed by atoms with Crippen LogP contribution in [0.1, 0.15) is 34.1 Å². The molecular weight excluding hydrogens is 178 g/mol. The molecule has 0 aliphatic carbocycles. The molecular formula is C9H18F2O2. The van der Waals surface area contributed by atoms with Gasteiger partial charge in [-0.15, -0.1) is 0 Å². The van der Waals surface area contributed by atoms with Crippen molar-refractivity contribution < 1.29 is 18.3 Å². The second kappa shape index (κ2) is 4.86. The van der Waals surface area contributed by atoms with E-state index in [4.69, 9.17) is 9.47 Å². The van der Waals surface area contributed by atoms with E-state index in [9.17, 15) is 8.78 Å². The topological polar surface area (TPSA) is 18.5 Å². The number of ether oxygens (including phenoxy) is 2. The van der Waals surface area contributed by atoms with Crippen LogP contribution in [0.2, 0.25) is 0 Å². The molecule has 0 N–H and O–H groups in total. The van der Waals surface area contributed by atoms with Crippen molar-refractivity contribution in [1.82, 2.24) is 0 Å². The van der Waals surface area contributed by atoms with Crippen molar-refractivity contribution in [1.29, 1.82) is 0 Å². The summed E-state index contributed by atoms with van der Waals surface area (Å²) in [6, 6.07) is 0. The van der Waals surface area contributed by atoms with Crippen LogP contribution in [0.15, 0.2) is 0 Å². The van der Waals surface area contributed by atoms with E-state index in [-0.39, 0.29) is 13.3 Å². The SMILES string of the molecule is CCC1(F)COC(C)(C)O1.CCF. The van der Waals surface area contributed by atoms with Crippen LogP contribution in [0.5, 0.6) is 0 Å². The third-order valence-corrected chi connectivity index (χ3v) is 1.59. The highest BCUT2D eigenvalue weighted by atomic mass is 19.2. The maximum atomic E-state index is 13.2. The summed E-state index contributed by atoms with van der Waals surface area (Å²) in [4.78, 5) is 0. The maximum Gasteiger partial charge on any atom is 0.235 e. The van der Waals surface area contributed by atoms with Gasteiger partial charge < -0.3 is 9.47 Å². The third-order valence-electron chi connectivity index (χ3n) is 1.59. The number of halogens is 2. The van der Waals surface area contributed by atoms with Crippen molar-refractivity contribution in [2.24, 2.45) is 0 Å². The van der Waals surface area contributed by atoms with Crippen LogP contribution >= 0.6 is 0 Å². The minimum atomic E-state index is -1.55. The van der Waals surface area contributed by atoms with Gasteiger partial charge in [-0.1, -0.05) is 6.92 Å². The van der Waals surface area contributed by atoms with Gasteiger partial charge in [-0.05, 0) is 20.8 Å². The van der Waals surface area contributed by atoms with Crippen LogP contribution in [0.25, 0.3) is 0 Å². The molecule has 1 aliphatic rings. The van der Waals surface area contributed by atoms with Crippen LogP contribution in [-0.4, -0.2) is 24.9 Å². The largest absolute Gasteiger partial charge is 0.344 e. The van der Waals surface area contributed by atoms with Gasteiger partial charge in [-0.3, -0.25) is 4.39 Å². The Morgan fingerprint density at radius 1 is 1.31 bits per heavy atom. The van der Waals surface area contributed by atoms with E-state index < -0.39 is 11.6 Å². The van der Waals surface area contributed by atoms with E-state index in [0.29, 0.717) is 6.42 Å². The Balaban J connectivity index is 0.000000424. The van der Waals surface area contributed by atoms with Gasteiger partial charge in [0.2, 0.25) is 5.85 Å². The summed E-state index contributed by atoms with van der Waals surface area (Å²) in [5, 5.41) is 0. The quantitative estimate of drug-likeness (QED) is 0.642. The highest BCUT2D eigenvalue weighted by Crippen LogP contribution is 2.33. The van der Waals surface area contributed by atoms with Gasteiger partial charge in [0.15, 0.2) is 5.79 Å². The fraction of sp³-hybridized carbons (Fsp3) is 1.00. The fourth-order valence-corrected chi connectivity index (χ4v) is 0.955. The lowest BCUT2D eigenvalue weighted by molar-refractivity contribution is -0.198. The monoisotopic (exact) mass is 196 g/mol. The first kappa shape index (κ1) is 12.8. The lowest BCUT2D eigenvalue weighted by Crippen LogP contribution is -2.28. The average Bonchev–Trinajstić information content (AvgIpc) is 2.29. The standard InChI is InChI=1S/C7H13FO2.C2H5F/c1-4-7(8)5-9-6(2,3)10-7;1-2-3/h4-5H2,1-3H3;2H2,1H3. The molecule has 0 bridgehead atoms. The van der Waals surface area contributed by atoms with Crippen molar-refractivity contribution in [3.63, 3.8) is 0 Å². The van der Waals surface area contributed by atoms with Crippen LogP contribution in [-0.2, 0) is 9.47 Å². The summed E-state index contributed by atoms with van der Waals surface area (Å²) >= 11 is 0. The molecule has 0 amide bonds. The molecule has 1 heterocycles. The van der Waals surface area contributed by atoms with Crippen molar-refractivity contribution in [3.05, 3.63) is 0 Å².